The molecule has 0 aliphatic carbocycles. The van der Waals surface area contributed by atoms with Gasteiger partial charge in [0.15, 0.2) is 0 Å². The Morgan fingerprint density at radius 3 is 1.12 bits per heavy atom. The van der Waals surface area contributed by atoms with Gasteiger partial charge in [0.05, 0.1) is 28.4 Å². The summed E-state index contributed by atoms with van der Waals surface area (Å²) in [6.07, 6.45) is 0. The average molecular weight is 1420 g/mol. The number of benzene rings is 15. The van der Waals surface area contributed by atoms with Gasteiger partial charge in [0.1, 0.15) is 11.5 Å². The molecular weight excluding hydrogens is 1330 g/mol. The fourth-order valence-electron chi connectivity index (χ4n) is 17.5. The molecule has 0 atom stereocenters. The molecule has 0 radical (unpaired) electrons. The van der Waals surface area contributed by atoms with Crippen molar-refractivity contribution in [1.29, 1.82) is 0 Å². The van der Waals surface area contributed by atoms with Gasteiger partial charge in [0.2, 0.25) is 0 Å². The fourth-order valence-corrected chi connectivity index (χ4v) is 17.5. The Bertz CT molecular complexity index is 5990. The highest BCUT2D eigenvalue weighted by Gasteiger charge is 2.49. The second-order valence-corrected chi connectivity index (χ2v) is 32.9. The smallest absolute Gasteiger partial charge is 0.256 e. The fraction of sp³-hybridized carbons (Fsp3) is 0.118. The molecule has 0 N–H and O–H groups in total. The summed E-state index contributed by atoms with van der Waals surface area (Å²) < 4.78 is 7.61. The van der Waals surface area contributed by atoms with Gasteiger partial charge in [-0.05, 0) is 186 Å². The van der Waals surface area contributed by atoms with Gasteiger partial charge < -0.3 is 29.2 Å². The van der Waals surface area contributed by atoms with E-state index in [1.165, 1.54) is 38.5 Å². The van der Waals surface area contributed by atoms with Gasteiger partial charge in [0.25, 0.3) is 13.4 Å². The lowest BCUT2D eigenvalue weighted by atomic mass is 9.30. The Kier molecular flexibility index (Phi) is 16.4. The SMILES string of the molecule is CC(C)(C)c1ccc(-c2ccccc2N(c2ccccc2)c2cc3c4c(c2)N(c2ccccc2-c2ccc(C(C)(C)C)cc2)c2cc5c(cc2B4c2ccccc2O3)B2c3ccccc3N(c3ccccc3)c3cc(N(c4ccccc4)c4ccccc4)cc(c32)N5c2ccccc2-c2ccc(C(C)(C)C)cc2)cc1. The van der Waals surface area contributed by atoms with E-state index in [2.05, 4.69) is 439 Å². The van der Waals surface area contributed by atoms with E-state index in [0.717, 1.165) is 141 Å². The monoisotopic (exact) mass is 1420 g/mol. The van der Waals surface area contributed by atoms with Gasteiger partial charge >= 0.3 is 0 Å². The van der Waals surface area contributed by atoms with E-state index >= 15 is 0 Å². The van der Waals surface area contributed by atoms with Crippen LogP contribution in [0.3, 0.4) is 0 Å². The van der Waals surface area contributed by atoms with Crippen molar-refractivity contribution < 1.29 is 4.74 Å². The summed E-state index contributed by atoms with van der Waals surface area (Å²) in [6.45, 7) is 20.1. The zero-order chi connectivity index (χ0) is 74.7. The molecule has 0 fully saturated rings. The van der Waals surface area contributed by atoms with Crippen LogP contribution in [-0.2, 0) is 16.2 Å². The molecule has 0 bridgehead atoms. The van der Waals surface area contributed by atoms with Crippen LogP contribution in [0.4, 0.5) is 85.3 Å². The van der Waals surface area contributed by atoms with Crippen LogP contribution >= 0.6 is 0 Å². The van der Waals surface area contributed by atoms with E-state index < -0.39 is 0 Å². The molecule has 15 aromatic rings. The summed E-state index contributed by atoms with van der Waals surface area (Å²) in [6, 6.07) is 132. The van der Waals surface area contributed by atoms with Gasteiger partial charge in [0, 0.05) is 79.6 Å². The van der Waals surface area contributed by atoms with E-state index in [1.54, 1.807) is 0 Å². The Hall–Kier alpha value is -12.8. The van der Waals surface area contributed by atoms with Crippen molar-refractivity contribution in [2.24, 2.45) is 0 Å². The predicted molar refractivity (Wildman–Crippen MR) is 468 cm³/mol. The Morgan fingerprint density at radius 2 is 0.618 bits per heavy atom. The molecule has 0 amide bonds. The van der Waals surface area contributed by atoms with Crippen molar-refractivity contribution in [3.8, 4) is 44.9 Å². The van der Waals surface area contributed by atoms with E-state index in [9.17, 15) is 0 Å². The maximum Gasteiger partial charge on any atom is 0.256 e. The second-order valence-electron chi connectivity index (χ2n) is 32.9. The maximum absolute atomic E-state index is 7.61. The molecule has 15 aromatic carbocycles. The Morgan fingerprint density at radius 1 is 0.245 bits per heavy atom. The number of para-hydroxylation sites is 9. The molecule has 110 heavy (non-hydrogen) atoms. The summed E-state index contributed by atoms with van der Waals surface area (Å²) >= 11 is 0. The number of nitrogens with zero attached hydrogens (tertiary/aromatic N) is 5. The molecule has 19 rings (SSSR count). The van der Waals surface area contributed by atoms with Crippen LogP contribution in [-0.4, -0.2) is 13.4 Å². The second kappa shape index (κ2) is 26.6. The predicted octanol–water partition coefficient (Wildman–Crippen LogP) is 24.0. The van der Waals surface area contributed by atoms with Crippen molar-refractivity contribution in [2.75, 3.05) is 24.5 Å². The average Bonchev–Trinajstić information content (AvgIpc) is 0.686. The number of ether oxygens (including phenoxy) is 1. The molecule has 6 nitrogen and oxygen atoms in total. The molecule has 0 aromatic heterocycles. The van der Waals surface area contributed by atoms with Gasteiger partial charge in [-0.1, -0.05) is 305 Å². The van der Waals surface area contributed by atoms with Gasteiger partial charge in [-0.3, -0.25) is 0 Å². The van der Waals surface area contributed by atoms with Gasteiger partial charge in [-0.25, -0.2) is 0 Å². The molecule has 4 heterocycles. The highest BCUT2D eigenvalue weighted by atomic mass is 16.5. The summed E-state index contributed by atoms with van der Waals surface area (Å²) in [5, 5.41) is 0. The van der Waals surface area contributed by atoms with E-state index in [0.29, 0.717) is 0 Å². The number of fused-ring (bicyclic) bond motifs is 8. The van der Waals surface area contributed by atoms with Crippen molar-refractivity contribution in [3.05, 3.63) is 369 Å². The molecule has 0 saturated carbocycles. The third kappa shape index (κ3) is 11.6. The van der Waals surface area contributed by atoms with Crippen LogP contribution in [0.25, 0.3) is 33.4 Å². The zero-order valence-corrected chi connectivity index (χ0v) is 63.8. The van der Waals surface area contributed by atoms with Gasteiger partial charge in [-0.2, -0.15) is 0 Å². The number of hydrogen-bond acceptors (Lipinski definition) is 6. The third-order valence-electron chi connectivity index (χ3n) is 22.9. The van der Waals surface area contributed by atoms with Crippen LogP contribution in [0.2, 0.25) is 0 Å². The van der Waals surface area contributed by atoms with Crippen molar-refractivity contribution in [1.82, 2.24) is 0 Å². The molecule has 0 saturated heterocycles. The lowest BCUT2D eigenvalue weighted by Crippen LogP contribution is -2.64. The zero-order valence-electron chi connectivity index (χ0n) is 63.8. The minimum Gasteiger partial charge on any atom is -0.458 e. The highest BCUT2D eigenvalue weighted by molar-refractivity contribution is 7.02. The minimum absolute atomic E-state index is 0.00847. The first-order valence-electron chi connectivity index (χ1n) is 38.7. The molecular formula is C102H85B2N5O. The van der Waals surface area contributed by atoms with Crippen LogP contribution < -0.4 is 62.0 Å². The number of rotatable bonds is 12. The van der Waals surface area contributed by atoms with Gasteiger partial charge in [-0.15, -0.1) is 0 Å². The van der Waals surface area contributed by atoms with E-state index in [-0.39, 0.29) is 29.7 Å². The summed E-state index contributed by atoms with van der Waals surface area (Å²) in [4.78, 5) is 12.7. The van der Waals surface area contributed by atoms with E-state index in [4.69, 9.17) is 4.74 Å². The van der Waals surface area contributed by atoms with Crippen LogP contribution in [0.5, 0.6) is 11.5 Å². The highest BCUT2D eigenvalue weighted by Crippen LogP contribution is 2.54. The van der Waals surface area contributed by atoms with Crippen LogP contribution in [0, 0.1) is 0 Å². The van der Waals surface area contributed by atoms with Crippen LogP contribution in [0.1, 0.15) is 79.0 Å². The minimum atomic E-state index is -0.275. The lowest BCUT2D eigenvalue weighted by molar-refractivity contribution is 0.487. The van der Waals surface area contributed by atoms with Crippen LogP contribution in [0.15, 0.2) is 352 Å². The normalized spacial score (nSPS) is 13.1. The molecule has 530 valence electrons. The maximum atomic E-state index is 7.61. The summed E-state index contributed by atoms with van der Waals surface area (Å²) in [5.41, 5.74) is 33.5. The van der Waals surface area contributed by atoms with Crippen molar-refractivity contribution >= 4 is 132 Å². The first-order valence-corrected chi connectivity index (χ1v) is 38.7. The topological polar surface area (TPSA) is 25.4 Å². The Labute approximate surface area is 648 Å². The summed E-state index contributed by atoms with van der Waals surface area (Å²) in [7, 11) is 0. The quantitative estimate of drug-likeness (QED) is 0.113. The number of anilines is 15. The largest absolute Gasteiger partial charge is 0.458 e. The number of hydrogen-bond donors (Lipinski definition) is 0. The first-order chi connectivity index (χ1) is 53.5. The molecule has 0 spiro atoms. The lowest BCUT2D eigenvalue weighted by Gasteiger charge is -2.47. The standard InChI is InChI=1S/C102H85B2N5O/c1-100(2,3)71-56-50-68(51-57-71)80-40-22-27-45-87(80)106(76-36-18-12-19-37-76)79-64-95-99-97(65-79)110-96-49-31-26-44-84(96)104(99)86-66-85-91(67-92(86)109(95)89-47-29-24-42-82(89)70-54-60-73(61-55-70)102(7,8)9)108(88-46-28-23-41-81(88)69-52-58-72(59-53-69)101(4,5)6)94-63-78(105(74-32-14-10-15-33-74)75-34-16-11-17-35-75)62-93-98(94)103(85)83-43-25-30-48-90(83)107(93)77-38-20-13-21-39-77/h10-67H,1-9H3. The van der Waals surface area contributed by atoms with E-state index in [1.807, 2.05) is 0 Å². The van der Waals surface area contributed by atoms with Crippen molar-refractivity contribution in [2.45, 2.75) is 78.6 Å². The molecule has 0 unspecified atom stereocenters. The van der Waals surface area contributed by atoms with Crippen molar-refractivity contribution in [3.63, 3.8) is 0 Å². The third-order valence-corrected chi connectivity index (χ3v) is 22.9. The first kappa shape index (κ1) is 67.8. The molecule has 4 aliphatic rings. The summed E-state index contributed by atoms with van der Waals surface area (Å²) in [5.74, 6) is 1.65. The molecule has 4 aliphatic heterocycles. The Balaban J connectivity index is 0.942. The molecule has 8 heteroatoms.